The van der Waals surface area contributed by atoms with Crippen molar-refractivity contribution in [1.82, 2.24) is 4.90 Å². The van der Waals surface area contributed by atoms with Crippen molar-refractivity contribution in [1.29, 1.82) is 0 Å². The third kappa shape index (κ3) is 5.02. The van der Waals surface area contributed by atoms with Gasteiger partial charge in [-0.15, -0.1) is 0 Å². The molecule has 1 saturated heterocycles. The van der Waals surface area contributed by atoms with Crippen LogP contribution in [-0.4, -0.2) is 61.9 Å². The van der Waals surface area contributed by atoms with Gasteiger partial charge in [0.05, 0.1) is 25.4 Å². The zero-order valence-corrected chi connectivity index (χ0v) is 14.9. The Labute approximate surface area is 125 Å². The molecule has 0 unspecified atom stereocenters. The SMILES string of the molecule is CC(C)(C)[Si](C)(C)O[C@H]1CCN(C(CO)CO)C1.S. The Kier molecular flexibility index (Phi) is 7.58. The molecule has 1 atom stereocenters. The van der Waals surface area contributed by atoms with E-state index < -0.39 is 8.32 Å². The molecule has 0 aromatic rings. The highest BCUT2D eigenvalue weighted by molar-refractivity contribution is 7.59. The van der Waals surface area contributed by atoms with Crippen LogP contribution in [0.15, 0.2) is 0 Å². The monoisotopic (exact) mass is 309 g/mol. The third-order valence-electron chi connectivity index (χ3n) is 4.38. The molecule has 0 aromatic carbocycles. The lowest BCUT2D eigenvalue weighted by Crippen LogP contribution is -2.45. The van der Waals surface area contributed by atoms with Gasteiger partial charge in [0.1, 0.15) is 0 Å². The molecule has 1 rings (SSSR count). The second-order valence-corrected chi connectivity index (χ2v) is 11.6. The number of aliphatic hydroxyl groups is 2. The highest BCUT2D eigenvalue weighted by Crippen LogP contribution is 2.38. The molecule has 6 heteroatoms. The van der Waals surface area contributed by atoms with E-state index in [4.69, 9.17) is 4.43 Å². The molecule has 1 aliphatic heterocycles. The van der Waals surface area contributed by atoms with Crippen LogP contribution < -0.4 is 0 Å². The van der Waals surface area contributed by atoms with Crippen LogP contribution in [0.25, 0.3) is 0 Å². The molecule has 1 aliphatic rings. The van der Waals surface area contributed by atoms with Crippen LogP contribution in [0.3, 0.4) is 0 Å². The van der Waals surface area contributed by atoms with Gasteiger partial charge in [0, 0.05) is 13.1 Å². The summed E-state index contributed by atoms with van der Waals surface area (Å²) in [7, 11) is -1.71. The second-order valence-electron chi connectivity index (χ2n) is 6.80. The van der Waals surface area contributed by atoms with E-state index >= 15 is 0 Å². The molecule has 0 bridgehead atoms. The van der Waals surface area contributed by atoms with Gasteiger partial charge in [0.15, 0.2) is 8.32 Å². The smallest absolute Gasteiger partial charge is 0.192 e. The second kappa shape index (κ2) is 7.43. The Balaban J connectivity index is 0.00000324. The summed E-state index contributed by atoms with van der Waals surface area (Å²) in [5.74, 6) is 0. The van der Waals surface area contributed by atoms with Crippen LogP contribution in [0, 0.1) is 0 Å². The number of nitrogens with zero attached hydrogens (tertiary/aromatic N) is 1. The van der Waals surface area contributed by atoms with Gasteiger partial charge in [-0.25, -0.2) is 0 Å². The maximum atomic E-state index is 9.20. The minimum absolute atomic E-state index is 0. The van der Waals surface area contributed by atoms with Crippen LogP contribution in [0.5, 0.6) is 0 Å². The predicted molar refractivity (Wildman–Crippen MR) is 86.6 cm³/mol. The van der Waals surface area contributed by atoms with E-state index in [-0.39, 0.29) is 43.9 Å². The topological polar surface area (TPSA) is 52.9 Å². The molecule has 0 saturated carbocycles. The lowest BCUT2D eigenvalue weighted by molar-refractivity contribution is 0.0799. The van der Waals surface area contributed by atoms with Crippen molar-refractivity contribution in [3.63, 3.8) is 0 Å². The fraction of sp³-hybridized carbons (Fsp3) is 1.00. The van der Waals surface area contributed by atoms with Crippen molar-refractivity contribution < 1.29 is 14.6 Å². The first kappa shape index (κ1) is 19.4. The zero-order valence-electron chi connectivity index (χ0n) is 12.9. The summed E-state index contributed by atoms with van der Waals surface area (Å²) in [5, 5.41) is 18.6. The summed E-state index contributed by atoms with van der Waals surface area (Å²) < 4.78 is 6.37. The Morgan fingerprint density at radius 1 is 1.26 bits per heavy atom. The maximum Gasteiger partial charge on any atom is 0.192 e. The van der Waals surface area contributed by atoms with Crippen LogP contribution in [0.2, 0.25) is 18.1 Å². The molecule has 0 spiro atoms. The predicted octanol–water partition coefficient (Wildman–Crippen LogP) is 1.55. The normalized spacial score (nSPS) is 21.8. The zero-order chi connectivity index (χ0) is 14.0. The summed E-state index contributed by atoms with van der Waals surface area (Å²) in [6.45, 7) is 13.1. The van der Waals surface area contributed by atoms with Crippen molar-refractivity contribution in [2.24, 2.45) is 0 Å². The highest BCUT2D eigenvalue weighted by atomic mass is 32.1. The molecule has 4 nitrogen and oxygen atoms in total. The summed E-state index contributed by atoms with van der Waals surface area (Å²) in [6, 6.07) is -0.127. The van der Waals surface area contributed by atoms with Crippen LogP contribution in [0.4, 0.5) is 0 Å². The molecule has 1 fully saturated rings. The third-order valence-corrected chi connectivity index (χ3v) is 8.92. The van der Waals surface area contributed by atoms with Gasteiger partial charge in [0.25, 0.3) is 0 Å². The van der Waals surface area contributed by atoms with Gasteiger partial charge >= 0.3 is 0 Å². The molecule has 1 heterocycles. The molecule has 0 radical (unpaired) electrons. The Morgan fingerprint density at radius 2 is 1.79 bits per heavy atom. The Bertz CT molecular complexity index is 267. The Hall–Kier alpha value is 0.407. The van der Waals surface area contributed by atoms with Gasteiger partial charge < -0.3 is 14.6 Å². The van der Waals surface area contributed by atoms with E-state index in [0.29, 0.717) is 0 Å². The molecule has 0 amide bonds. The van der Waals surface area contributed by atoms with Crippen molar-refractivity contribution >= 4 is 21.8 Å². The van der Waals surface area contributed by atoms with E-state index in [2.05, 4.69) is 38.8 Å². The summed E-state index contributed by atoms with van der Waals surface area (Å²) >= 11 is 0. The van der Waals surface area contributed by atoms with Crippen molar-refractivity contribution in [2.45, 2.75) is 57.5 Å². The minimum Gasteiger partial charge on any atom is -0.413 e. The van der Waals surface area contributed by atoms with E-state index in [1.165, 1.54) is 0 Å². The van der Waals surface area contributed by atoms with Gasteiger partial charge in [-0.3, -0.25) is 4.90 Å². The van der Waals surface area contributed by atoms with E-state index in [1.54, 1.807) is 0 Å². The number of hydrogen-bond donors (Lipinski definition) is 2. The molecular formula is C13H31NO3SSi. The average molecular weight is 310 g/mol. The van der Waals surface area contributed by atoms with Crippen LogP contribution in [-0.2, 0) is 4.43 Å². The number of aliphatic hydroxyl groups excluding tert-OH is 2. The van der Waals surface area contributed by atoms with E-state index in [1.807, 2.05) is 0 Å². The molecule has 19 heavy (non-hydrogen) atoms. The van der Waals surface area contributed by atoms with Gasteiger partial charge in [-0.05, 0) is 24.6 Å². The molecule has 2 N–H and O–H groups in total. The van der Waals surface area contributed by atoms with Crippen molar-refractivity contribution in [2.75, 3.05) is 26.3 Å². The largest absolute Gasteiger partial charge is 0.413 e. The molecule has 0 aliphatic carbocycles. The van der Waals surface area contributed by atoms with Gasteiger partial charge in [0.2, 0.25) is 0 Å². The van der Waals surface area contributed by atoms with Crippen LogP contribution >= 0.6 is 13.5 Å². The molecular weight excluding hydrogens is 278 g/mol. The lowest BCUT2D eigenvalue weighted by atomic mass is 10.2. The standard InChI is InChI=1S/C13H29NO3Si.H2S/c1-13(2,3)18(4,5)17-12-6-7-14(8-12)11(9-15)10-16;/h11-12,15-16H,6-10H2,1-5H3;1H2/t12-;/m0./s1. The van der Waals surface area contributed by atoms with E-state index in [0.717, 1.165) is 19.5 Å². The van der Waals surface area contributed by atoms with Gasteiger partial charge in [-0.1, -0.05) is 20.8 Å². The molecule has 0 aromatic heterocycles. The van der Waals surface area contributed by atoms with Crippen LogP contribution in [0.1, 0.15) is 27.2 Å². The first-order valence-electron chi connectivity index (χ1n) is 6.85. The first-order valence-corrected chi connectivity index (χ1v) is 9.75. The van der Waals surface area contributed by atoms with Crippen molar-refractivity contribution in [3.05, 3.63) is 0 Å². The summed E-state index contributed by atoms with van der Waals surface area (Å²) in [6.07, 6.45) is 1.26. The van der Waals surface area contributed by atoms with Gasteiger partial charge in [-0.2, -0.15) is 13.5 Å². The number of likely N-dealkylation sites (tertiary alicyclic amines) is 1. The Morgan fingerprint density at radius 3 is 2.21 bits per heavy atom. The maximum absolute atomic E-state index is 9.20. The van der Waals surface area contributed by atoms with Crippen molar-refractivity contribution in [3.8, 4) is 0 Å². The summed E-state index contributed by atoms with van der Waals surface area (Å²) in [4.78, 5) is 2.14. The quantitative estimate of drug-likeness (QED) is 0.757. The summed E-state index contributed by atoms with van der Waals surface area (Å²) in [5.41, 5.74) is 0. The minimum atomic E-state index is -1.71. The van der Waals surface area contributed by atoms with E-state index in [9.17, 15) is 10.2 Å². The fourth-order valence-electron chi connectivity index (χ4n) is 2.06. The number of rotatable bonds is 5. The first-order chi connectivity index (χ1) is 8.21. The molecule has 116 valence electrons. The lowest BCUT2D eigenvalue weighted by Gasteiger charge is -2.38. The fourth-order valence-corrected chi connectivity index (χ4v) is 3.44. The highest BCUT2D eigenvalue weighted by Gasteiger charge is 2.41. The average Bonchev–Trinajstić information content (AvgIpc) is 2.66. The number of hydrogen-bond acceptors (Lipinski definition) is 4.